The van der Waals surface area contributed by atoms with Gasteiger partial charge in [-0.2, -0.15) is 0 Å². The summed E-state index contributed by atoms with van der Waals surface area (Å²) >= 11 is 0. The second-order valence-electron chi connectivity index (χ2n) is 5.87. The first-order valence-corrected chi connectivity index (χ1v) is 8.25. The van der Waals surface area contributed by atoms with E-state index < -0.39 is 0 Å². The molecule has 0 amide bonds. The Balaban J connectivity index is 1.90. The maximum Gasteiger partial charge on any atom is 0.0701 e. The molecule has 1 aliphatic rings. The number of hydrogen-bond donors (Lipinski definition) is 1. The van der Waals surface area contributed by atoms with Gasteiger partial charge in [-0.25, -0.2) is 0 Å². The number of benzene rings is 1. The summed E-state index contributed by atoms with van der Waals surface area (Å²) in [5.74, 6) is 0.805. The van der Waals surface area contributed by atoms with Crippen molar-refractivity contribution >= 4 is 0 Å². The Bertz CT molecular complexity index is 387. The van der Waals surface area contributed by atoms with E-state index in [0.717, 1.165) is 18.9 Å². The second-order valence-corrected chi connectivity index (χ2v) is 5.87. The van der Waals surface area contributed by atoms with E-state index in [-0.39, 0.29) is 6.04 Å². The van der Waals surface area contributed by atoms with Crippen molar-refractivity contribution in [1.82, 2.24) is 5.32 Å². The molecule has 0 saturated heterocycles. The highest BCUT2D eigenvalue weighted by Gasteiger charge is 2.19. The van der Waals surface area contributed by atoms with Crippen LogP contribution in [-0.4, -0.2) is 33.5 Å². The first kappa shape index (κ1) is 16.5. The molecule has 2 rings (SSSR count). The smallest absolute Gasteiger partial charge is 0.0701 e. The summed E-state index contributed by atoms with van der Waals surface area (Å²) in [5, 5.41) is 3.57. The summed E-state index contributed by atoms with van der Waals surface area (Å²) in [5.41, 5.74) is 2.82. The van der Waals surface area contributed by atoms with Gasteiger partial charge >= 0.3 is 0 Å². The number of hydrogen-bond acceptors (Lipinski definition) is 3. The van der Waals surface area contributed by atoms with E-state index >= 15 is 0 Å². The minimum atomic E-state index is 0.275. The molecule has 0 spiro atoms. The van der Waals surface area contributed by atoms with Crippen molar-refractivity contribution < 1.29 is 9.47 Å². The van der Waals surface area contributed by atoms with E-state index in [4.69, 9.17) is 9.47 Å². The van der Waals surface area contributed by atoms with Crippen molar-refractivity contribution in [2.45, 2.75) is 44.6 Å². The zero-order valence-electron chi connectivity index (χ0n) is 13.4. The summed E-state index contributed by atoms with van der Waals surface area (Å²) in [6, 6.07) is 9.41. The average Bonchev–Trinajstić information content (AvgIpc) is 2.46. The van der Waals surface area contributed by atoms with E-state index in [0.29, 0.717) is 19.8 Å². The molecule has 21 heavy (non-hydrogen) atoms. The van der Waals surface area contributed by atoms with Crippen molar-refractivity contribution in [3.05, 3.63) is 35.4 Å². The van der Waals surface area contributed by atoms with Gasteiger partial charge in [0, 0.05) is 7.11 Å². The quantitative estimate of drug-likeness (QED) is 0.667. The highest BCUT2D eigenvalue weighted by molar-refractivity contribution is 5.28. The van der Waals surface area contributed by atoms with Gasteiger partial charge in [0.1, 0.15) is 0 Å². The molecular weight excluding hydrogens is 262 g/mol. The summed E-state index contributed by atoms with van der Waals surface area (Å²) in [6.45, 7) is 5.21. The third-order valence-corrected chi connectivity index (χ3v) is 4.27. The third-order valence-electron chi connectivity index (χ3n) is 4.27. The molecule has 1 unspecified atom stereocenters. The van der Waals surface area contributed by atoms with Crippen LogP contribution >= 0.6 is 0 Å². The van der Waals surface area contributed by atoms with Gasteiger partial charge in [0.2, 0.25) is 0 Å². The van der Waals surface area contributed by atoms with Crippen molar-refractivity contribution in [2.24, 2.45) is 0 Å². The van der Waals surface area contributed by atoms with Gasteiger partial charge in [-0.05, 0) is 42.9 Å². The normalized spacial score (nSPS) is 16.7. The van der Waals surface area contributed by atoms with Gasteiger partial charge < -0.3 is 14.8 Å². The van der Waals surface area contributed by atoms with Gasteiger partial charge in [-0.1, -0.05) is 37.6 Å². The maximum absolute atomic E-state index is 5.71. The molecule has 0 heterocycles. The summed E-state index contributed by atoms with van der Waals surface area (Å²) in [7, 11) is 1.70. The predicted molar refractivity (Wildman–Crippen MR) is 86.8 cm³/mol. The van der Waals surface area contributed by atoms with E-state index in [1.807, 2.05) is 0 Å². The zero-order chi connectivity index (χ0) is 14.9. The van der Waals surface area contributed by atoms with Gasteiger partial charge in [-0.3, -0.25) is 0 Å². The SMILES string of the molecule is CCCNC(COCCOC)c1ccc(C2CCC2)cc1. The molecule has 1 N–H and O–H groups in total. The molecule has 1 fully saturated rings. The van der Waals surface area contributed by atoms with Crippen LogP contribution in [0.15, 0.2) is 24.3 Å². The molecule has 0 aliphatic heterocycles. The van der Waals surface area contributed by atoms with Crippen LogP contribution in [0, 0.1) is 0 Å². The van der Waals surface area contributed by atoms with Gasteiger partial charge in [0.25, 0.3) is 0 Å². The number of ether oxygens (including phenoxy) is 2. The molecule has 1 atom stereocenters. The number of nitrogens with one attached hydrogen (secondary N) is 1. The lowest BCUT2D eigenvalue weighted by Gasteiger charge is -2.26. The Kier molecular flexibility index (Phi) is 7.20. The standard InChI is InChI=1S/C18H29NO2/c1-3-11-19-18(14-21-13-12-20-2)17-9-7-16(8-10-17)15-5-4-6-15/h7-10,15,18-19H,3-6,11-14H2,1-2H3. The van der Waals surface area contributed by atoms with Gasteiger partial charge in [-0.15, -0.1) is 0 Å². The molecule has 0 radical (unpaired) electrons. The fraction of sp³-hybridized carbons (Fsp3) is 0.667. The monoisotopic (exact) mass is 291 g/mol. The fourth-order valence-corrected chi connectivity index (χ4v) is 2.68. The summed E-state index contributed by atoms with van der Waals surface area (Å²) < 4.78 is 10.7. The molecule has 3 nitrogen and oxygen atoms in total. The Morgan fingerprint density at radius 1 is 1.19 bits per heavy atom. The van der Waals surface area contributed by atoms with Gasteiger partial charge in [0.05, 0.1) is 25.9 Å². The van der Waals surface area contributed by atoms with E-state index in [9.17, 15) is 0 Å². The Labute approximate surface area is 129 Å². The minimum absolute atomic E-state index is 0.275. The Morgan fingerprint density at radius 2 is 1.95 bits per heavy atom. The maximum atomic E-state index is 5.71. The molecule has 0 bridgehead atoms. The number of methoxy groups -OCH3 is 1. The topological polar surface area (TPSA) is 30.5 Å². The fourth-order valence-electron chi connectivity index (χ4n) is 2.68. The van der Waals surface area contributed by atoms with Crippen LogP contribution < -0.4 is 5.32 Å². The summed E-state index contributed by atoms with van der Waals surface area (Å²) in [4.78, 5) is 0. The minimum Gasteiger partial charge on any atom is -0.382 e. The van der Waals surface area contributed by atoms with Gasteiger partial charge in [0.15, 0.2) is 0 Å². The molecular formula is C18H29NO2. The van der Waals surface area contributed by atoms with Crippen LogP contribution in [0.3, 0.4) is 0 Å². The lowest BCUT2D eigenvalue weighted by atomic mass is 9.80. The molecule has 1 saturated carbocycles. The van der Waals surface area contributed by atoms with Crippen LogP contribution in [0.2, 0.25) is 0 Å². The second kappa shape index (κ2) is 9.19. The van der Waals surface area contributed by atoms with Crippen LogP contribution in [0.1, 0.15) is 55.7 Å². The van der Waals surface area contributed by atoms with Crippen molar-refractivity contribution in [3.63, 3.8) is 0 Å². The first-order valence-electron chi connectivity index (χ1n) is 8.25. The third kappa shape index (κ3) is 5.10. The highest BCUT2D eigenvalue weighted by atomic mass is 16.5. The molecule has 1 aliphatic carbocycles. The molecule has 1 aromatic rings. The van der Waals surface area contributed by atoms with Crippen LogP contribution in [0.4, 0.5) is 0 Å². The van der Waals surface area contributed by atoms with Crippen LogP contribution in [0.5, 0.6) is 0 Å². The molecule has 118 valence electrons. The lowest BCUT2D eigenvalue weighted by Crippen LogP contribution is -2.27. The molecule has 0 aromatic heterocycles. The van der Waals surface area contributed by atoms with Crippen LogP contribution in [-0.2, 0) is 9.47 Å². The van der Waals surface area contributed by atoms with Crippen molar-refractivity contribution in [3.8, 4) is 0 Å². The molecule has 1 aromatic carbocycles. The Morgan fingerprint density at radius 3 is 2.52 bits per heavy atom. The summed E-state index contributed by atoms with van der Waals surface area (Å²) in [6.07, 6.45) is 5.24. The lowest BCUT2D eigenvalue weighted by molar-refractivity contribution is 0.0586. The molecule has 3 heteroatoms. The Hall–Kier alpha value is -0.900. The van der Waals surface area contributed by atoms with Crippen molar-refractivity contribution in [2.75, 3.05) is 33.5 Å². The van der Waals surface area contributed by atoms with E-state index in [2.05, 4.69) is 36.5 Å². The highest BCUT2D eigenvalue weighted by Crippen LogP contribution is 2.36. The zero-order valence-corrected chi connectivity index (χ0v) is 13.4. The van der Waals surface area contributed by atoms with Crippen LogP contribution in [0.25, 0.3) is 0 Å². The average molecular weight is 291 g/mol. The van der Waals surface area contributed by atoms with E-state index in [1.165, 1.54) is 30.4 Å². The largest absolute Gasteiger partial charge is 0.382 e. The van der Waals surface area contributed by atoms with E-state index in [1.54, 1.807) is 7.11 Å². The first-order chi connectivity index (χ1) is 10.3. The number of rotatable bonds is 10. The predicted octanol–water partition coefficient (Wildman–Crippen LogP) is 3.66. The van der Waals surface area contributed by atoms with Crippen molar-refractivity contribution in [1.29, 1.82) is 0 Å².